The van der Waals surface area contributed by atoms with E-state index in [2.05, 4.69) is 19.7 Å². The number of carbonyl (C=O) groups excluding carboxylic acids is 2. The van der Waals surface area contributed by atoms with Gasteiger partial charge in [-0.05, 0) is 0 Å². The summed E-state index contributed by atoms with van der Waals surface area (Å²) in [4.78, 5) is 22.5. The summed E-state index contributed by atoms with van der Waals surface area (Å²) in [6.45, 7) is 0.437. The van der Waals surface area contributed by atoms with Crippen molar-refractivity contribution in [2.24, 2.45) is 10.2 Å². The molecule has 0 aliphatic carbocycles. The topological polar surface area (TPSA) is 77.3 Å². The molecule has 0 aromatic rings. The van der Waals surface area contributed by atoms with E-state index in [0.717, 1.165) is 0 Å². The molecule has 0 radical (unpaired) electrons. The smallest absolute Gasteiger partial charge is 0.336 e. The molecular formula is C8H12N2O4. The molecule has 0 saturated heterocycles. The lowest BCUT2D eigenvalue weighted by atomic mass is 9.93. The third-order valence-electron chi connectivity index (χ3n) is 2.12. The van der Waals surface area contributed by atoms with Crippen molar-refractivity contribution in [1.29, 1.82) is 0 Å². The first-order valence-electron chi connectivity index (χ1n) is 4.18. The maximum atomic E-state index is 11.4. The zero-order valence-corrected chi connectivity index (χ0v) is 8.15. The Morgan fingerprint density at radius 1 is 1.36 bits per heavy atom. The Morgan fingerprint density at radius 3 is 2.50 bits per heavy atom. The molecule has 0 fully saturated rings. The van der Waals surface area contributed by atoms with Gasteiger partial charge in [0.2, 0.25) is 0 Å². The molecule has 0 aromatic carbocycles. The maximum Gasteiger partial charge on any atom is 0.336 e. The average molecular weight is 200 g/mol. The first-order chi connectivity index (χ1) is 6.64. The van der Waals surface area contributed by atoms with Crippen molar-refractivity contribution in [3.8, 4) is 0 Å². The lowest BCUT2D eigenvalue weighted by Crippen LogP contribution is -2.38. The van der Waals surface area contributed by atoms with Crippen LogP contribution in [0.2, 0.25) is 0 Å². The third-order valence-corrected chi connectivity index (χ3v) is 2.12. The molecule has 1 rings (SSSR count). The summed E-state index contributed by atoms with van der Waals surface area (Å²) in [7, 11) is 2.52. The highest BCUT2D eigenvalue weighted by Gasteiger charge is 2.44. The highest BCUT2D eigenvalue weighted by molar-refractivity contribution is 5.87. The van der Waals surface area contributed by atoms with Crippen molar-refractivity contribution in [3.63, 3.8) is 0 Å². The van der Waals surface area contributed by atoms with E-state index in [1.165, 1.54) is 14.2 Å². The molecule has 0 saturated carbocycles. The molecule has 1 heterocycles. The Hall–Kier alpha value is -1.46. The van der Waals surface area contributed by atoms with Gasteiger partial charge in [-0.1, -0.05) is 0 Å². The molecule has 14 heavy (non-hydrogen) atoms. The fourth-order valence-electron chi connectivity index (χ4n) is 1.31. The Kier molecular flexibility index (Phi) is 3.16. The normalized spacial score (nSPS) is 24.7. The summed E-state index contributed by atoms with van der Waals surface area (Å²) in [5, 5.41) is 7.49. The summed E-state index contributed by atoms with van der Waals surface area (Å²) in [5.41, 5.74) is -1.15. The minimum absolute atomic E-state index is 0.111. The minimum atomic E-state index is -1.15. The summed E-state index contributed by atoms with van der Waals surface area (Å²) in [6.07, 6.45) is 0.286. The van der Waals surface area contributed by atoms with Crippen LogP contribution in [0.4, 0.5) is 0 Å². The van der Waals surface area contributed by atoms with Crippen LogP contribution in [0.1, 0.15) is 12.8 Å². The number of carbonyl (C=O) groups is 2. The SMILES string of the molecule is COC(=O)CC1(C(=O)OC)CCN=N1. The van der Waals surface area contributed by atoms with Crippen molar-refractivity contribution < 1.29 is 19.1 Å². The molecule has 0 bridgehead atoms. The monoisotopic (exact) mass is 200 g/mol. The molecule has 0 aromatic heterocycles. The van der Waals surface area contributed by atoms with Crippen LogP contribution in [0.3, 0.4) is 0 Å². The highest BCUT2D eigenvalue weighted by Crippen LogP contribution is 2.28. The van der Waals surface area contributed by atoms with Crippen molar-refractivity contribution in [2.45, 2.75) is 18.4 Å². The van der Waals surface area contributed by atoms with E-state index >= 15 is 0 Å². The summed E-state index contributed by atoms with van der Waals surface area (Å²) in [6, 6.07) is 0. The second kappa shape index (κ2) is 4.17. The molecule has 0 N–H and O–H groups in total. The number of rotatable bonds is 3. The van der Waals surface area contributed by atoms with Crippen molar-refractivity contribution in [1.82, 2.24) is 0 Å². The largest absolute Gasteiger partial charge is 0.469 e. The van der Waals surface area contributed by atoms with E-state index in [1.54, 1.807) is 0 Å². The molecule has 6 heteroatoms. The number of nitrogens with zero attached hydrogens (tertiary/aromatic N) is 2. The van der Waals surface area contributed by atoms with Gasteiger partial charge in [-0.3, -0.25) is 4.79 Å². The van der Waals surface area contributed by atoms with Crippen molar-refractivity contribution >= 4 is 11.9 Å². The second-order valence-corrected chi connectivity index (χ2v) is 2.99. The van der Waals surface area contributed by atoms with E-state index in [4.69, 9.17) is 0 Å². The van der Waals surface area contributed by atoms with E-state index in [1.807, 2.05) is 0 Å². The highest BCUT2D eigenvalue weighted by atomic mass is 16.5. The van der Waals surface area contributed by atoms with E-state index in [9.17, 15) is 9.59 Å². The van der Waals surface area contributed by atoms with E-state index < -0.39 is 17.5 Å². The predicted octanol–water partition coefficient (Wildman–Crippen LogP) is 0.317. The number of ether oxygens (including phenoxy) is 2. The van der Waals surface area contributed by atoms with Gasteiger partial charge in [-0.25, -0.2) is 4.79 Å². The number of azo groups is 1. The zero-order chi connectivity index (χ0) is 10.6. The lowest BCUT2D eigenvalue weighted by molar-refractivity contribution is -0.153. The Bertz CT molecular complexity index is 277. The first kappa shape index (κ1) is 10.6. The molecule has 78 valence electrons. The maximum absolute atomic E-state index is 11.4. The summed E-state index contributed by atoms with van der Waals surface area (Å²) < 4.78 is 9.07. The first-order valence-corrected chi connectivity index (χ1v) is 4.18. The van der Waals surface area contributed by atoms with Gasteiger partial charge in [0, 0.05) is 6.42 Å². The zero-order valence-electron chi connectivity index (χ0n) is 8.15. The average Bonchev–Trinajstić information content (AvgIpc) is 2.66. The number of esters is 2. The van der Waals surface area contributed by atoms with E-state index in [-0.39, 0.29) is 6.42 Å². The molecule has 0 spiro atoms. The molecular weight excluding hydrogens is 188 g/mol. The molecule has 1 atom stereocenters. The Balaban J connectivity index is 2.77. The van der Waals surface area contributed by atoms with Gasteiger partial charge in [-0.15, -0.1) is 0 Å². The van der Waals surface area contributed by atoms with Crippen LogP contribution in [-0.2, 0) is 19.1 Å². The van der Waals surface area contributed by atoms with Crippen LogP contribution >= 0.6 is 0 Å². The fourth-order valence-corrected chi connectivity index (χ4v) is 1.31. The quantitative estimate of drug-likeness (QED) is 0.614. The molecule has 1 unspecified atom stereocenters. The van der Waals surface area contributed by atoms with Crippen LogP contribution < -0.4 is 0 Å². The van der Waals surface area contributed by atoms with Gasteiger partial charge in [-0.2, -0.15) is 10.2 Å². The number of methoxy groups -OCH3 is 2. The third kappa shape index (κ3) is 1.89. The van der Waals surface area contributed by atoms with Gasteiger partial charge in [0.05, 0.1) is 27.2 Å². The van der Waals surface area contributed by atoms with Gasteiger partial charge < -0.3 is 9.47 Å². The summed E-state index contributed by atoms with van der Waals surface area (Å²) >= 11 is 0. The number of hydrogen-bond donors (Lipinski definition) is 0. The van der Waals surface area contributed by atoms with Crippen LogP contribution in [-0.4, -0.2) is 38.2 Å². The molecule has 1 aliphatic heterocycles. The molecule has 1 aliphatic rings. The lowest BCUT2D eigenvalue weighted by Gasteiger charge is -2.19. The summed E-state index contributed by atoms with van der Waals surface area (Å²) in [5.74, 6) is -1.03. The van der Waals surface area contributed by atoms with Gasteiger partial charge in [0.25, 0.3) is 0 Å². The van der Waals surface area contributed by atoms with Gasteiger partial charge >= 0.3 is 11.9 Å². The van der Waals surface area contributed by atoms with E-state index in [0.29, 0.717) is 13.0 Å². The van der Waals surface area contributed by atoms with Crippen LogP contribution in [0.5, 0.6) is 0 Å². The van der Waals surface area contributed by atoms with Gasteiger partial charge in [0.1, 0.15) is 0 Å². The fraction of sp³-hybridized carbons (Fsp3) is 0.750. The van der Waals surface area contributed by atoms with Crippen molar-refractivity contribution in [3.05, 3.63) is 0 Å². The minimum Gasteiger partial charge on any atom is -0.469 e. The van der Waals surface area contributed by atoms with Crippen molar-refractivity contribution in [2.75, 3.05) is 20.8 Å². The Morgan fingerprint density at radius 2 is 2.07 bits per heavy atom. The predicted molar refractivity (Wildman–Crippen MR) is 45.7 cm³/mol. The number of hydrogen-bond acceptors (Lipinski definition) is 6. The van der Waals surface area contributed by atoms with Crippen LogP contribution in [0.15, 0.2) is 10.2 Å². The second-order valence-electron chi connectivity index (χ2n) is 2.99. The molecule has 6 nitrogen and oxygen atoms in total. The Labute approximate surface area is 81.3 Å². The van der Waals surface area contributed by atoms with Crippen LogP contribution in [0, 0.1) is 0 Å². The standard InChI is InChI=1S/C8H12N2O4/c1-13-6(11)5-8(7(12)14-2)3-4-9-10-8/h3-5H2,1-2H3. The van der Waals surface area contributed by atoms with Gasteiger partial charge in [0.15, 0.2) is 5.54 Å². The van der Waals surface area contributed by atoms with Crippen LogP contribution in [0.25, 0.3) is 0 Å². The molecule has 0 amide bonds.